The van der Waals surface area contributed by atoms with Crippen molar-refractivity contribution in [1.29, 1.82) is 0 Å². The molecule has 0 bridgehead atoms. The molecule has 1 aliphatic heterocycles. The van der Waals surface area contributed by atoms with Gasteiger partial charge in [0.2, 0.25) is 0 Å². The number of fused-ring (bicyclic) bond motifs is 2. The van der Waals surface area contributed by atoms with Gasteiger partial charge in [-0.15, -0.1) is 0 Å². The average molecular weight is 638 g/mol. The van der Waals surface area contributed by atoms with Crippen LogP contribution in [0.3, 0.4) is 0 Å². The summed E-state index contributed by atoms with van der Waals surface area (Å²) < 4.78 is 20.8. The number of halogens is 1. The van der Waals surface area contributed by atoms with Crippen molar-refractivity contribution in [2.45, 2.75) is 12.8 Å². The zero-order chi connectivity index (χ0) is 32.5. The number of hydrogen-bond donors (Lipinski definition) is 3. The van der Waals surface area contributed by atoms with E-state index in [2.05, 4.69) is 35.4 Å². The minimum Gasteiger partial charge on any atom is -0.492 e. The molecule has 5 heterocycles. The fourth-order valence-corrected chi connectivity index (χ4v) is 6.36. The molecule has 0 aliphatic carbocycles. The summed E-state index contributed by atoms with van der Waals surface area (Å²) in [6.45, 7) is 3.55. The van der Waals surface area contributed by atoms with Crippen LogP contribution in [0.2, 0.25) is 0 Å². The molecule has 0 spiro atoms. The van der Waals surface area contributed by atoms with E-state index >= 15 is 0 Å². The largest absolute Gasteiger partial charge is 0.492 e. The molecular formula is C38H32FN7O2. The molecule has 0 unspecified atom stereocenters. The molecule has 1 amide bonds. The van der Waals surface area contributed by atoms with E-state index in [0.717, 1.165) is 69.5 Å². The van der Waals surface area contributed by atoms with Gasteiger partial charge < -0.3 is 15.0 Å². The average Bonchev–Trinajstić information content (AvgIpc) is 3.88. The molecule has 48 heavy (non-hydrogen) atoms. The number of nitrogens with zero attached hydrogens (tertiary/aromatic N) is 4. The molecule has 238 valence electrons. The molecule has 3 aromatic carbocycles. The van der Waals surface area contributed by atoms with Gasteiger partial charge in [0, 0.05) is 46.2 Å². The third-order valence-electron chi connectivity index (χ3n) is 8.75. The second kappa shape index (κ2) is 12.7. The number of benzene rings is 3. The second-order valence-corrected chi connectivity index (χ2v) is 12.0. The van der Waals surface area contributed by atoms with Crippen LogP contribution in [0.1, 0.15) is 23.2 Å². The van der Waals surface area contributed by atoms with E-state index in [1.807, 2.05) is 60.7 Å². The van der Waals surface area contributed by atoms with Crippen LogP contribution in [0.5, 0.6) is 5.75 Å². The van der Waals surface area contributed by atoms with Crippen molar-refractivity contribution in [1.82, 2.24) is 30.0 Å². The predicted octanol–water partition coefficient (Wildman–Crippen LogP) is 7.70. The number of hydrogen-bond acceptors (Lipinski definition) is 6. The van der Waals surface area contributed by atoms with Gasteiger partial charge in [-0.3, -0.25) is 24.8 Å². The number of H-pyrrole nitrogens is 2. The number of aromatic nitrogens is 5. The van der Waals surface area contributed by atoms with Crippen molar-refractivity contribution in [2.75, 3.05) is 31.6 Å². The summed E-state index contributed by atoms with van der Waals surface area (Å²) in [5.74, 6) is -0.0331. The molecule has 0 saturated carbocycles. The van der Waals surface area contributed by atoms with Gasteiger partial charge in [-0.05, 0) is 85.6 Å². The lowest BCUT2D eigenvalue weighted by molar-refractivity contribution is 0.102. The molecule has 1 fully saturated rings. The van der Waals surface area contributed by atoms with Crippen LogP contribution in [-0.2, 0) is 0 Å². The van der Waals surface area contributed by atoms with Crippen molar-refractivity contribution < 1.29 is 13.9 Å². The van der Waals surface area contributed by atoms with Gasteiger partial charge in [0.15, 0.2) is 0 Å². The van der Waals surface area contributed by atoms with Crippen molar-refractivity contribution in [3.8, 4) is 39.5 Å². The Morgan fingerprint density at radius 2 is 1.75 bits per heavy atom. The number of carbonyl (C=O) groups excluding carboxylic acids is 1. The highest BCUT2D eigenvalue weighted by atomic mass is 19.1. The maximum absolute atomic E-state index is 14.8. The standard InChI is InChI=1S/C38H32FN7O2/c39-27-15-25(17-29(18-27)48-14-13-46-11-4-5-12-46)30-9-6-10-33-31(30)19-35(43-33)37-32-20-34(41-23-36(32)44-45-37)26-16-28(22-40-21-26)42-38(47)24-7-2-1-3-8-24/h1-3,6-10,15-23,43H,4-5,11-14H2,(H,42,47)(H,44,45). The number of nitrogens with one attached hydrogen (secondary N) is 3. The third-order valence-corrected chi connectivity index (χ3v) is 8.75. The Kier molecular flexibility index (Phi) is 7.83. The summed E-state index contributed by atoms with van der Waals surface area (Å²) in [4.78, 5) is 27.6. The first-order valence-corrected chi connectivity index (χ1v) is 16.0. The van der Waals surface area contributed by atoms with Crippen molar-refractivity contribution >= 4 is 33.4 Å². The summed E-state index contributed by atoms with van der Waals surface area (Å²) in [5.41, 5.74) is 7.40. The smallest absolute Gasteiger partial charge is 0.255 e. The zero-order valence-corrected chi connectivity index (χ0v) is 26.0. The van der Waals surface area contributed by atoms with Gasteiger partial charge in [-0.2, -0.15) is 5.10 Å². The number of likely N-dealkylation sites (tertiary alicyclic amines) is 1. The number of pyridine rings is 2. The number of anilines is 1. The topological polar surface area (TPSA) is 112 Å². The normalized spacial score (nSPS) is 13.4. The molecule has 1 aliphatic rings. The summed E-state index contributed by atoms with van der Waals surface area (Å²) >= 11 is 0. The van der Waals surface area contributed by atoms with Gasteiger partial charge in [0.1, 0.15) is 23.9 Å². The Morgan fingerprint density at radius 3 is 2.62 bits per heavy atom. The fourth-order valence-electron chi connectivity index (χ4n) is 6.36. The third kappa shape index (κ3) is 6.01. The highest BCUT2D eigenvalue weighted by Gasteiger charge is 2.17. The van der Waals surface area contributed by atoms with E-state index in [1.165, 1.54) is 18.9 Å². The van der Waals surface area contributed by atoms with Crippen LogP contribution >= 0.6 is 0 Å². The Bertz CT molecular complexity index is 2260. The summed E-state index contributed by atoms with van der Waals surface area (Å²) in [6, 6.07) is 25.7. The number of carbonyl (C=O) groups is 1. The van der Waals surface area contributed by atoms with Crippen LogP contribution < -0.4 is 10.1 Å². The fraction of sp³-hybridized carbons (Fsp3) is 0.158. The summed E-state index contributed by atoms with van der Waals surface area (Å²) in [6.07, 6.45) is 7.51. The van der Waals surface area contributed by atoms with Gasteiger partial charge in [-0.25, -0.2) is 4.39 Å². The molecule has 0 radical (unpaired) electrons. The first-order chi connectivity index (χ1) is 23.6. The van der Waals surface area contributed by atoms with E-state index in [0.29, 0.717) is 29.3 Å². The van der Waals surface area contributed by atoms with Crippen LogP contribution in [0, 0.1) is 5.82 Å². The van der Waals surface area contributed by atoms with Gasteiger partial charge in [-0.1, -0.05) is 30.3 Å². The van der Waals surface area contributed by atoms with Crippen LogP contribution in [0.4, 0.5) is 10.1 Å². The summed E-state index contributed by atoms with van der Waals surface area (Å²) in [5, 5.41) is 12.4. The van der Waals surface area contributed by atoms with Gasteiger partial charge in [0.25, 0.3) is 5.91 Å². The molecule has 7 aromatic rings. The van der Waals surface area contributed by atoms with Crippen molar-refractivity contribution in [2.24, 2.45) is 0 Å². The first-order valence-electron chi connectivity index (χ1n) is 16.0. The highest BCUT2D eigenvalue weighted by Crippen LogP contribution is 2.36. The lowest BCUT2D eigenvalue weighted by atomic mass is 10.0. The van der Waals surface area contributed by atoms with Crippen LogP contribution in [-0.4, -0.2) is 62.2 Å². The van der Waals surface area contributed by atoms with E-state index in [4.69, 9.17) is 4.74 Å². The van der Waals surface area contributed by atoms with Crippen LogP contribution in [0.25, 0.3) is 55.6 Å². The number of rotatable bonds is 9. The van der Waals surface area contributed by atoms with E-state index in [9.17, 15) is 9.18 Å². The molecular weight excluding hydrogens is 605 g/mol. The molecule has 9 nitrogen and oxygen atoms in total. The Balaban J connectivity index is 1.08. The Morgan fingerprint density at radius 1 is 0.875 bits per heavy atom. The zero-order valence-electron chi connectivity index (χ0n) is 26.0. The summed E-state index contributed by atoms with van der Waals surface area (Å²) in [7, 11) is 0. The maximum Gasteiger partial charge on any atom is 0.255 e. The number of ether oxygens (including phenoxy) is 1. The lowest BCUT2D eigenvalue weighted by Crippen LogP contribution is -2.25. The minimum atomic E-state index is -0.340. The Labute approximate surface area is 275 Å². The Hall–Kier alpha value is -5.87. The quantitative estimate of drug-likeness (QED) is 0.150. The van der Waals surface area contributed by atoms with E-state index < -0.39 is 0 Å². The number of amides is 1. The lowest BCUT2D eigenvalue weighted by Gasteiger charge is -2.15. The molecule has 8 rings (SSSR count). The molecule has 3 N–H and O–H groups in total. The SMILES string of the molecule is O=C(Nc1cncc(-c2cc3c(-c4cc5c(-c6cc(F)cc(OCCN7CCCC7)c6)cccc5[nH]4)n[nH]c3cn2)c1)c1ccccc1. The van der Waals surface area contributed by atoms with Gasteiger partial charge in [0.05, 0.1) is 35.0 Å². The van der Waals surface area contributed by atoms with Crippen LogP contribution in [0.15, 0.2) is 104 Å². The molecule has 4 aromatic heterocycles. The molecule has 1 saturated heterocycles. The second-order valence-electron chi connectivity index (χ2n) is 12.0. The van der Waals surface area contributed by atoms with E-state index in [-0.39, 0.29) is 11.7 Å². The molecule has 10 heteroatoms. The van der Waals surface area contributed by atoms with E-state index in [1.54, 1.807) is 36.8 Å². The minimum absolute atomic E-state index is 0.215. The highest BCUT2D eigenvalue weighted by molar-refractivity contribution is 6.04. The number of aromatic amines is 2. The first kappa shape index (κ1) is 29.5. The van der Waals surface area contributed by atoms with Gasteiger partial charge >= 0.3 is 0 Å². The van der Waals surface area contributed by atoms with Crippen molar-refractivity contribution in [3.63, 3.8) is 0 Å². The molecule has 0 atom stereocenters. The monoisotopic (exact) mass is 637 g/mol. The van der Waals surface area contributed by atoms with Crippen molar-refractivity contribution in [3.05, 3.63) is 115 Å². The predicted molar refractivity (Wildman–Crippen MR) is 185 cm³/mol. The maximum atomic E-state index is 14.8.